The Morgan fingerprint density at radius 3 is 1.32 bits per heavy atom. The Morgan fingerprint density at radius 2 is 0.968 bits per heavy atom. The summed E-state index contributed by atoms with van der Waals surface area (Å²) in [5.74, 6) is -0.176. The SMILES string of the molecule is N/C=C(/NC(=O)c1ccccc1)[P+](c1ccccc1)(c1ccccc1)c1ccccc1. The van der Waals surface area contributed by atoms with Crippen molar-refractivity contribution in [3.63, 3.8) is 0 Å². The van der Waals surface area contributed by atoms with E-state index in [9.17, 15) is 4.79 Å². The molecule has 0 fully saturated rings. The molecule has 0 aliphatic carbocycles. The normalized spacial score (nSPS) is 11.7. The number of carbonyl (C=O) groups is 1. The van der Waals surface area contributed by atoms with Gasteiger partial charge < -0.3 is 5.73 Å². The van der Waals surface area contributed by atoms with Gasteiger partial charge in [-0.05, 0) is 48.5 Å². The quantitative estimate of drug-likeness (QED) is 0.458. The Morgan fingerprint density at radius 1 is 0.613 bits per heavy atom. The summed E-state index contributed by atoms with van der Waals surface area (Å²) >= 11 is 0. The maximum absolute atomic E-state index is 13.2. The van der Waals surface area contributed by atoms with Gasteiger partial charge in [-0.3, -0.25) is 10.1 Å². The van der Waals surface area contributed by atoms with Crippen molar-refractivity contribution >= 4 is 29.1 Å². The van der Waals surface area contributed by atoms with E-state index >= 15 is 0 Å². The highest BCUT2D eigenvalue weighted by Gasteiger charge is 2.50. The monoisotopic (exact) mass is 423 g/mol. The lowest BCUT2D eigenvalue weighted by molar-refractivity contribution is 0.0968. The molecule has 0 bridgehead atoms. The Labute approximate surface area is 183 Å². The number of benzene rings is 4. The van der Waals surface area contributed by atoms with Crippen LogP contribution in [-0.4, -0.2) is 5.91 Å². The molecule has 0 aliphatic rings. The summed E-state index contributed by atoms with van der Waals surface area (Å²) in [6.07, 6.45) is 1.56. The average molecular weight is 423 g/mol. The smallest absolute Gasteiger partial charge is 0.258 e. The first-order chi connectivity index (χ1) is 15.3. The molecule has 0 saturated carbocycles. The first-order valence-electron chi connectivity index (χ1n) is 10.1. The standard InChI is InChI=1S/C27H23N2OP/c28-21-26(29-27(30)22-13-5-1-6-14-22)31(23-15-7-2-8-16-23,24-17-9-3-10-18-24)25-19-11-4-12-20-25/h1-21H,28H2/p+1/b26-21-. The number of rotatable bonds is 6. The predicted molar refractivity (Wildman–Crippen MR) is 131 cm³/mol. The number of hydrogen-bond acceptors (Lipinski definition) is 2. The van der Waals surface area contributed by atoms with Crippen molar-refractivity contribution in [1.82, 2.24) is 5.32 Å². The van der Waals surface area contributed by atoms with Crippen molar-refractivity contribution in [3.05, 3.63) is 139 Å². The predicted octanol–water partition coefficient (Wildman–Crippen LogP) is 4.17. The lowest BCUT2D eigenvalue weighted by atomic mass is 10.2. The van der Waals surface area contributed by atoms with Crippen LogP contribution < -0.4 is 27.0 Å². The van der Waals surface area contributed by atoms with Gasteiger partial charge in [0.25, 0.3) is 5.91 Å². The first-order valence-corrected chi connectivity index (χ1v) is 11.9. The van der Waals surface area contributed by atoms with Gasteiger partial charge in [-0.1, -0.05) is 72.8 Å². The van der Waals surface area contributed by atoms with Crippen molar-refractivity contribution in [3.8, 4) is 0 Å². The van der Waals surface area contributed by atoms with E-state index in [2.05, 4.69) is 41.7 Å². The molecule has 4 heteroatoms. The van der Waals surface area contributed by atoms with E-state index in [1.165, 1.54) is 0 Å². The van der Waals surface area contributed by atoms with Gasteiger partial charge in [-0.15, -0.1) is 0 Å². The Kier molecular flexibility index (Phi) is 6.26. The van der Waals surface area contributed by atoms with E-state index in [0.717, 1.165) is 15.9 Å². The number of nitrogens with one attached hydrogen (secondary N) is 1. The first kappa shape index (κ1) is 20.6. The van der Waals surface area contributed by atoms with Crippen LogP contribution in [0.3, 0.4) is 0 Å². The molecule has 31 heavy (non-hydrogen) atoms. The zero-order valence-electron chi connectivity index (χ0n) is 17.1. The van der Waals surface area contributed by atoms with E-state index in [-0.39, 0.29) is 5.91 Å². The number of nitrogens with two attached hydrogens (primary N) is 1. The van der Waals surface area contributed by atoms with E-state index in [1.807, 2.05) is 72.8 Å². The molecule has 0 aliphatic heterocycles. The molecule has 0 heterocycles. The van der Waals surface area contributed by atoms with Gasteiger partial charge in [0.1, 0.15) is 15.9 Å². The zero-order valence-corrected chi connectivity index (χ0v) is 18.0. The summed E-state index contributed by atoms with van der Waals surface area (Å²) in [4.78, 5) is 13.2. The number of carbonyl (C=O) groups excluding carboxylic acids is 1. The van der Waals surface area contributed by atoms with Gasteiger partial charge >= 0.3 is 0 Å². The van der Waals surface area contributed by atoms with Crippen LogP contribution in [-0.2, 0) is 0 Å². The number of hydrogen-bond donors (Lipinski definition) is 2. The van der Waals surface area contributed by atoms with Crippen LogP contribution in [0.2, 0.25) is 0 Å². The van der Waals surface area contributed by atoms with Crippen molar-refractivity contribution < 1.29 is 4.79 Å². The van der Waals surface area contributed by atoms with Gasteiger partial charge in [-0.2, -0.15) is 0 Å². The van der Waals surface area contributed by atoms with Crippen LogP contribution in [0.1, 0.15) is 10.4 Å². The van der Waals surface area contributed by atoms with Gasteiger partial charge in [0.05, 0.1) is 6.20 Å². The molecule has 3 N–H and O–H groups in total. The largest absolute Gasteiger partial charge is 0.400 e. The molecule has 0 atom stereocenters. The van der Waals surface area contributed by atoms with E-state index in [1.54, 1.807) is 18.3 Å². The fourth-order valence-electron chi connectivity index (χ4n) is 3.83. The maximum Gasteiger partial charge on any atom is 0.258 e. The molecule has 4 aromatic rings. The van der Waals surface area contributed by atoms with Gasteiger partial charge in [0, 0.05) is 5.56 Å². The molecule has 1 amide bonds. The van der Waals surface area contributed by atoms with Gasteiger partial charge in [0.2, 0.25) is 0 Å². The second-order valence-corrected chi connectivity index (χ2v) is 10.4. The van der Waals surface area contributed by atoms with Crippen LogP contribution in [0.5, 0.6) is 0 Å². The third-order valence-corrected chi connectivity index (χ3v) is 9.43. The van der Waals surface area contributed by atoms with Crippen LogP contribution in [0, 0.1) is 0 Å². The fourth-order valence-corrected chi connectivity index (χ4v) is 7.91. The summed E-state index contributed by atoms with van der Waals surface area (Å²) in [5.41, 5.74) is 7.55. The zero-order chi connectivity index (χ0) is 21.5. The molecule has 0 aromatic heterocycles. The van der Waals surface area contributed by atoms with Crippen molar-refractivity contribution in [1.29, 1.82) is 0 Å². The van der Waals surface area contributed by atoms with Gasteiger partial charge in [-0.25, -0.2) is 0 Å². The molecule has 152 valence electrons. The lowest BCUT2D eigenvalue weighted by Gasteiger charge is -2.29. The Balaban J connectivity index is 1.96. The summed E-state index contributed by atoms with van der Waals surface area (Å²) in [6.45, 7) is 0. The van der Waals surface area contributed by atoms with Crippen molar-refractivity contribution in [2.45, 2.75) is 0 Å². The topological polar surface area (TPSA) is 55.1 Å². The highest BCUT2D eigenvalue weighted by Crippen LogP contribution is 2.61. The molecular weight excluding hydrogens is 399 g/mol. The van der Waals surface area contributed by atoms with Crippen LogP contribution in [0.15, 0.2) is 133 Å². The highest BCUT2D eigenvalue weighted by atomic mass is 31.2. The maximum atomic E-state index is 13.2. The fraction of sp³-hybridized carbons (Fsp3) is 0. The van der Waals surface area contributed by atoms with Crippen molar-refractivity contribution in [2.24, 2.45) is 5.73 Å². The Bertz CT molecular complexity index is 1060. The molecule has 0 spiro atoms. The molecule has 0 saturated heterocycles. The highest BCUT2D eigenvalue weighted by molar-refractivity contribution is 7.99. The molecule has 0 radical (unpaired) electrons. The molecule has 4 rings (SSSR count). The lowest BCUT2D eigenvalue weighted by Crippen LogP contribution is -2.38. The third-order valence-electron chi connectivity index (χ3n) is 5.23. The molecule has 0 unspecified atom stereocenters. The van der Waals surface area contributed by atoms with E-state index < -0.39 is 7.26 Å². The number of amides is 1. The summed E-state index contributed by atoms with van der Waals surface area (Å²) < 4.78 is 0. The second-order valence-electron chi connectivity index (χ2n) is 7.05. The minimum atomic E-state index is -2.43. The van der Waals surface area contributed by atoms with E-state index in [4.69, 9.17) is 5.73 Å². The van der Waals surface area contributed by atoms with Gasteiger partial charge in [0.15, 0.2) is 12.7 Å². The summed E-state index contributed by atoms with van der Waals surface area (Å²) in [7, 11) is -2.43. The molecular formula is C27H24N2OP+. The Hall–Kier alpha value is -3.68. The summed E-state index contributed by atoms with van der Waals surface area (Å²) in [5, 5.41) is 6.53. The second kappa shape index (κ2) is 9.42. The minimum absolute atomic E-state index is 0.176. The minimum Gasteiger partial charge on any atom is -0.400 e. The molecule has 3 nitrogen and oxygen atoms in total. The van der Waals surface area contributed by atoms with Crippen LogP contribution >= 0.6 is 7.26 Å². The molecule has 4 aromatic carbocycles. The van der Waals surface area contributed by atoms with Crippen LogP contribution in [0.4, 0.5) is 0 Å². The van der Waals surface area contributed by atoms with Crippen LogP contribution in [0.25, 0.3) is 0 Å². The van der Waals surface area contributed by atoms with E-state index in [0.29, 0.717) is 11.0 Å². The third kappa shape index (κ3) is 4.01. The summed E-state index contributed by atoms with van der Waals surface area (Å²) in [6, 6.07) is 40.1. The van der Waals surface area contributed by atoms with Crippen molar-refractivity contribution in [2.75, 3.05) is 0 Å². The average Bonchev–Trinajstić information content (AvgIpc) is 2.86.